The molecule has 0 saturated heterocycles. The second-order valence-corrected chi connectivity index (χ2v) is 3.85. The Morgan fingerprint density at radius 2 is 2.00 bits per heavy atom. The Balaban J connectivity index is 2.84. The Morgan fingerprint density at radius 3 is 2.36 bits per heavy atom. The summed E-state index contributed by atoms with van der Waals surface area (Å²) in [6.07, 6.45) is 0.936. The summed E-state index contributed by atoms with van der Waals surface area (Å²) >= 11 is 0. The fourth-order valence-corrected chi connectivity index (χ4v) is 1.47. The molecule has 6 heteroatoms. The molecule has 0 aromatic carbocycles. The zero-order valence-electron chi connectivity index (χ0n) is 8.64. The maximum Gasteiger partial charge on any atom is 0.240 e. The number of aromatic nitrogens is 3. The molecule has 1 aromatic rings. The first kappa shape index (κ1) is 10.8. The lowest BCUT2D eigenvalue weighted by Gasteiger charge is -2.15. The molecule has 0 fully saturated rings. The Hall–Kier alpha value is -1.30. The van der Waals surface area contributed by atoms with Gasteiger partial charge in [0.1, 0.15) is 0 Å². The van der Waals surface area contributed by atoms with Gasteiger partial charge in [-0.25, -0.2) is 4.68 Å². The zero-order valence-corrected chi connectivity index (χ0v) is 8.64. The number of rotatable bonds is 4. The minimum Gasteiger partial charge on any atom is -0.366 e. The third kappa shape index (κ3) is 2.14. The molecular formula is C8H18N6. The van der Waals surface area contributed by atoms with E-state index >= 15 is 0 Å². The topological polar surface area (TPSA) is 109 Å². The first-order chi connectivity index (χ1) is 6.56. The van der Waals surface area contributed by atoms with Crippen LogP contribution in [0.5, 0.6) is 0 Å². The highest BCUT2D eigenvalue weighted by Gasteiger charge is 2.18. The highest BCUT2D eigenvalue weighted by atomic mass is 15.4. The number of hydrogen-bond acceptors (Lipinski definition) is 5. The van der Waals surface area contributed by atoms with Crippen LogP contribution in [0.3, 0.4) is 0 Å². The van der Waals surface area contributed by atoms with Crippen LogP contribution in [0.1, 0.15) is 32.0 Å². The van der Waals surface area contributed by atoms with Crippen LogP contribution >= 0.6 is 0 Å². The molecule has 1 rings (SSSR count). The molecule has 0 saturated carbocycles. The molecule has 0 radical (unpaired) electrons. The Morgan fingerprint density at radius 1 is 1.36 bits per heavy atom. The maximum atomic E-state index is 5.67. The first-order valence-electron chi connectivity index (χ1n) is 4.72. The summed E-state index contributed by atoms with van der Waals surface area (Å²) in [6, 6.07) is 0. The minimum absolute atomic E-state index is 0.129. The Labute approximate surface area is 83.4 Å². The van der Waals surface area contributed by atoms with Crippen molar-refractivity contribution in [2.24, 2.45) is 11.7 Å². The second-order valence-electron chi connectivity index (χ2n) is 3.85. The van der Waals surface area contributed by atoms with Gasteiger partial charge in [-0.15, -0.1) is 10.2 Å². The van der Waals surface area contributed by atoms with Gasteiger partial charge in [0.15, 0.2) is 5.82 Å². The van der Waals surface area contributed by atoms with E-state index in [1.807, 2.05) is 0 Å². The standard InChI is InChI=1S/C8H18N6/c1-5(2)3-6(4-9)7-12-13-8(10)14(7)11/h5-6H,3-4,9,11H2,1-2H3,(H2,10,13). The van der Waals surface area contributed by atoms with Crippen LogP contribution in [-0.2, 0) is 0 Å². The normalized spacial score (nSPS) is 13.4. The van der Waals surface area contributed by atoms with Crippen molar-refractivity contribution in [3.05, 3.63) is 5.82 Å². The molecule has 0 aliphatic heterocycles. The highest BCUT2D eigenvalue weighted by molar-refractivity contribution is 5.19. The highest BCUT2D eigenvalue weighted by Crippen LogP contribution is 2.20. The minimum atomic E-state index is 0.129. The van der Waals surface area contributed by atoms with E-state index in [2.05, 4.69) is 24.0 Å². The molecule has 6 N–H and O–H groups in total. The second kappa shape index (κ2) is 4.28. The van der Waals surface area contributed by atoms with Crippen LogP contribution in [0, 0.1) is 5.92 Å². The monoisotopic (exact) mass is 198 g/mol. The van der Waals surface area contributed by atoms with Crippen LogP contribution in [-0.4, -0.2) is 21.4 Å². The van der Waals surface area contributed by atoms with E-state index < -0.39 is 0 Å². The molecule has 14 heavy (non-hydrogen) atoms. The largest absolute Gasteiger partial charge is 0.366 e. The van der Waals surface area contributed by atoms with Gasteiger partial charge in [-0.3, -0.25) is 0 Å². The average Bonchev–Trinajstić information content (AvgIpc) is 2.44. The molecular weight excluding hydrogens is 180 g/mol. The first-order valence-corrected chi connectivity index (χ1v) is 4.72. The van der Waals surface area contributed by atoms with E-state index in [-0.39, 0.29) is 11.9 Å². The summed E-state index contributed by atoms with van der Waals surface area (Å²) in [5, 5.41) is 7.62. The van der Waals surface area contributed by atoms with Crippen molar-refractivity contribution >= 4 is 5.95 Å². The van der Waals surface area contributed by atoms with Crippen LogP contribution < -0.4 is 17.3 Å². The van der Waals surface area contributed by atoms with Gasteiger partial charge in [0.05, 0.1) is 0 Å². The quantitative estimate of drug-likeness (QED) is 0.573. The van der Waals surface area contributed by atoms with Crippen molar-refractivity contribution in [1.82, 2.24) is 14.9 Å². The molecule has 1 atom stereocenters. The fourth-order valence-electron chi connectivity index (χ4n) is 1.47. The van der Waals surface area contributed by atoms with Gasteiger partial charge >= 0.3 is 0 Å². The summed E-state index contributed by atoms with van der Waals surface area (Å²) in [7, 11) is 0. The lowest BCUT2D eigenvalue weighted by Crippen LogP contribution is -2.23. The van der Waals surface area contributed by atoms with Crippen LogP contribution in [0.25, 0.3) is 0 Å². The number of anilines is 1. The Kier molecular flexibility index (Phi) is 3.29. The SMILES string of the molecule is CC(C)CC(CN)c1nnc(N)n1N. The molecule has 0 amide bonds. The van der Waals surface area contributed by atoms with Gasteiger partial charge in [0, 0.05) is 12.5 Å². The summed E-state index contributed by atoms with van der Waals surface area (Å²) < 4.78 is 1.31. The molecule has 1 heterocycles. The summed E-state index contributed by atoms with van der Waals surface area (Å²) in [5.74, 6) is 7.23. The van der Waals surface area contributed by atoms with Crippen molar-refractivity contribution in [3.63, 3.8) is 0 Å². The number of nitrogens with two attached hydrogens (primary N) is 3. The van der Waals surface area contributed by atoms with Crippen LogP contribution in [0.15, 0.2) is 0 Å². The van der Waals surface area contributed by atoms with E-state index in [9.17, 15) is 0 Å². The van der Waals surface area contributed by atoms with E-state index in [0.717, 1.165) is 6.42 Å². The van der Waals surface area contributed by atoms with Gasteiger partial charge in [0.2, 0.25) is 5.95 Å². The molecule has 80 valence electrons. The third-order valence-electron chi connectivity index (χ3n) is 2.15. The van der Waals surface area contributed by atoms with Crippen LogP contribution in [0.4, 0.5) is 5.95 Å². The predicted molar refractivity (Wildman–Crippen MR) is 55.8 cm³/mol. The van der Waals surface area contributed by atoms with E-state index in [0.29, 0.717) is 18.3 Å². The van der Waals surface area contributed by atoms with Crippen molar-refractivity contribution in [1.29, 1.82) is 0 Å². The molecule has 0 aliphatic carbocycles. The van der Waals surface area contributed by atoms with Crippen molar-refractivity contribution in [2.45, 2.75) is 26.2 Å². The molecule has 0 aliphatic rings. The van der Waals surface area contributed by atoms with Gasteiger partial charge < -0.3 is 17.3 Å². The van der Waals surface area contributed by atoms with Crippen molar-refractivity contribution in [2.75, 3.05) is 18.1 Å². The lowest BCUT2D eigenvalue weighted by molar-refractivity contribution is 0.481. The number of hydrogen-bond donors (Lipinski definition) is 3. The summed E-state index contributed by atoms with van der Waals surface area (Å²) in [5.41, 5.74) is 11.1. The van der Waals surface area contributed by atoms with Gasteiger partial charge in [-0.2, -0.15) is 0 Å². The fraction of sp³-hybridized carbons (Fsp3) is 0.750. The third-order valence-corrected chi connectivity index (χ3v) is 2.15. The maximum absolute atomic E-state index is 5.67. The van der Waals surface area contributed by atoms with E-state index in [1.165, 1.54) is 4.68 Å². The lowest BCUT2D eigenvalue weighted by atomic mass is 9.97. The predicted octanol–water partition coefficient (Wildman–Crippen LogP) is -0.337. The van der Waals surface area contributed by atoms with E-state index in [4.69, 9.17) is 17.3 Å². The average molecular weight is 198 g/mol. The summed E-state index contributed by atoms with van der Waals surface area (Å²) in [6.45, 7) is 4.76. The van der Waals surface area contributed by atoms with Crippen molar-refractivity contribution < 1.29 is 0 Å². The molecule has 0 bridgehead atoms. The molecule has 0 spiro atoms. The van der Waals surface area contributed by atoms with Gasteiger partial charge in [-0.1, -0.05) is 13.8 Å². The Bertz CT molecular complexity index is 292. The van der Waals surface area contributed by atoms with Crippen LogP contribution in [0.2, 0.25) is 0 Å². The zero-order chi connectivity index (χ0) is 10.7. The van der Waals surface area contributed by atoms with Crippen molar-refractivity contribution in [3.8, 4) is 0 Å². The molecule has 1 aromatic heterocycles. The summed E-state index contributed by atoms with van der Waals surface area (Å²) in [4.78, 5) is 0. The van der Waals surface area contributed by atoms with Gasteiger partial charge in [0.25, 0.3) is 0 Å². The molecule has 6 nitrogen and oxygen atoms in total. The molecule has 1 unspecified atom stereocenters. The van der Waals surface area contributed by atoms with E-state index in [1.54, 1.807) is 0 Å². The van der Waals surface area contributed by atoms with Gasteiger partial charge in [-0.05, 0) is 12.3 Å². The number of nitrogens with zero attached hydrogens (tertiary/aromatic N) is 3. The number of nitrogen functional groups attached to an aromatic ring is 2. The smallest absolute Gasteiger partial charge is 0.240 e.